The largest absolute Gasteiger partial charge is 0.449 e. The Hall–Kier alpha value is -2.21. The van der Waals surface area contributed by atoms with E-state index in [9.17, 15) is 0 Å². The van der Waals surface area contributed by atoms with Gasteiger partial charge in [-0.1, -0.05) is 19.1 Å². The van der Waals surface area contributed by atoms with Crippen LogP contribution in [0.25, 0.3) is 0 Å². The van der Waals surface area contributed by atoms with Crippen LogP contribution < -0.4 is 5.32 Å². The summed E-state index contributed by atoms with van der Waals surface area (Å²) in [5, 5.41) is 11.9. The maximum Gasteiger partial charge on any atom is 0.203 e. The van der Waals surface area contributed by atoms with Gasteiger partial charge in [0.05, 0.1) is 6.54 Å². The van der Waals surface area contributed by atoms with E-state index < -0.39 is 0 Å². The van der Waals surface area contributed by atoms with Gasteiger partial charge in [0.1, 0.15) is 11.8 Å². The van der Waals surface area contributed by atoms with E-state index in [1.165, 1.54) is 5.56 Å². The van der Waals surface area contributed by atoms with Gasteiger partial charge in [-0.25, -0.2) is 0 Å². The Morgan fingerprint density at radius 2 is 2.18 bits per heavy atom. The summed E-state index contributed by atoms with van der Waals surface area (Å²) in [6, 6.07) is 13.7. The predicted octanol–water partition coefficient (Wildman–Crippen LogP) is 3.33. The average Bonchev–Trinajstić information content (AvgIpc) is 2.84. The van der Waals surface area contributed by atoms with Crippen LogP contribution in [-0.2, 0) is 13.0 Å². The highest BCUT2D eigenvalue weighted by atomic mass is 16.3. The normalized spacial score (nSPS) is 9.88. The van der Waals surface area contributed by atoms with E-state index in [-0.39, 0.29) is 0 Å². The van der Waals surface area contributed by atoms with E-state index in [2.05, 4.69) is 24.4 Å². The number of nitrogens with zero attached hydrogens (tertiary/aromatic N) is 1. The van der Waals surface area contributed by atoms with Crippen molar-refractivity contribution >= 4 is 5.69 Å². The number of furan rings is 1. The quantitative estimate of drug-likeness (QED) is 0.869. The summed E-state index contributed by atoms with van der Waals surface area (Å²) in [5.41, 5.74) is 2.37. The van der Waals surface area contributed by atoms with Crippen LogP contribution in [0.1, 0.15) is 24.0 Å². The highest BCUT2D eigenvalue weighted by Gasteiger charge is 2.01. The molecule has 0 fully saturated rings. The molecule has 1 aromatic heterocycles. The predicted molar refractivity (Wildman–Crippen MR) is 66.6 cm³/mol. The van der Waals surface area contributed by atoms with Crippen LogP contribution in [-0.4, -0.2) is 0 Å². The van der Waals surface area contributed by atoms with Crippen LogP contribution >= 0.6 is 0 Å². The van der Waals surface area contributed by atoms with Crippen LogP contribution in [0.5, 0.6) is 0 Å². The molecule has 0 atom stereocenters. The number of anilines is 1. The number of rotatable bonds is 4. The van der Waals surface area contributed by atoms with Crippen LogP contribution in [0.2, 0.25) is 0 Å². The zero-order valence-electron chi connectivity index (χ0n) is 9.73. The van der Waals surface area contributed by atoms with Gasteiger partial charge in [-0.2, -0.15) is 5.26 Å². The van der Waals surface area contributed by atoms with Crippen LogP contribution in [0, 0.1) is 11.3 Å². The molecule has 86 valence electrons. The monoisotopic (exact) mass is 226 g/mol. The van der Waals surface area contributed by atoms with Gasteiger partial charge in [0.2, 0.25) is 5.76 Å². The molecule has 0 saturated heterocycles. The van der Waals surface area contributed by atoms with Crippen molar-refractivity contribution < 1.29 is 4.42 Å². The highest BCUT2D eigenvalue weighted by Crippen LogP contribution is 2.13. The average molecular weight is 226 g/mol. The van der Waals surface area contributed by atoms with Crippen LogP contribution in [0.4, 0.5) is 5.69 Å². The van der Waals surface area contributed by atoms with Gasteiger partial charge in [0.15, 0.2) is 0 Å². The third kappa shape index (κ3) is 2.88. The lowest BCUT2D eigenvalue weighted by atomic mass is 10.1. The van der Waals surface area contributed by atoms with Crippen LogP contribution in [0.3, 0.4) is 0 Å². The number of hydrogen-bond acceptors (Lipinski definition) is 3. The van der Waals surface area contributed by atoms with Crippen molar-refractivity contribution in [2.45, 2.75) is 19.9 Å². The molecule has 0 bridgehead atoms. The summed E-state index contributed by atoms with van der Waals surface area (Å²) in [6.45, 7) is 2.72. The molecule has 2 rings (SSSR count). The molecule has 0 aliphatic heterocycles. The third-order valence-electron chi connectivity index (χ3n) is 2.57. The second kappa shape index (κ2) is 5.22. The molecule has 0 saturated carbocycles. The van der Waals surface area contributed by atoms with E-state index in [0.717, 1.165) is 17.9 Å². The molecule has 0 unspecified atom stereocenters. The van der Waals surface area contributed by atoms with Gasteiger partial charge in [0.25, 0.3) is 0 Å². The molecular weight excluding hydrogens is 212 g/mol. The second-order valence-electron chi connectivity index (χ2n) is 3.79. The summed E-state index contributed by atoms with van der Waals surface area (Å²) >= 11 is 0. The van der Waals surface area contributed by atoms with Crippen molar-refractivity contribution in [2.75, 3.05) is 5.32 Å². The number of hydrogen-bond donors (Lipinski definition) is 1. The van der Waals surface area contributed by atoms with Gasteiger partial charge in [0, 0.05) is 5.69 Å². The van der Waals surface area contributed by atoms with Gasteiger partial charge in [-0.3, -0.25) is 0 Å². The Labute approximate surface area is 101 Å². The molecule has 0 aliphatic rings. The Bertz CT molecular complexity index is 537. The van der Waals surface area contributed by atoms with E-state index >= 15 is 0 Å². The minimum absolute atomic E-state index is 0.351. The topological polar surface area (TPSA) is 49.0 Å². The zero-order chi connectivity index (χ0) is 12.1. The number of aryl methyl sites for hydroxylation is 1. The molecule has 1 aromatic carbocycles. The van der Waals surface area contributed by atoms with Crippen molar-refractivity contribution in [1.29, 1.82) is 5.26 Å². The summed E-state index contributed by atoms with van der Waals surface area (Å²) in [4.78, 5) is 0. The zero-order valence-corrected chi connectivity index (χ0v) is 9.73. The first-order chi connectivity index (χ1) is 8.31. The molecule has 1 heterocycles. The highest BCUT2D eigenvalue weighted by molar-refractivity contribution is 5.45. The van der Waals surface area contributed by atoms with Gasteiger partial charge >= 0.3 is 0 Å². The molecule has 0 spiro atoms. The number of nitriles is 1. The maximum absolute atomic E-state index is 8.64. The molecule has 3 heteroatoms. The lowest BCUT2D eigenvalue weighted by molar-refractivity contribution is 0.506. The Balaban J connectivity index is 1.99. The Kier molecular flexibility index (Phi) is 3.46. The van der Waals surface area contributed by atoms with E-state index in [1.807, 2.05) is 24.3 Å². The molecule has 0 radical (unpaired) electrons. The third-order valence-corrected chi connectivity index (χ3v) is 2.57. The summed E-state index contributed by atoms with van der Waals surface area (Å²) in [7, 11) is 0. The minimum Gasteiger partial charge on any atom is -0.449 e. The number of nitrogens with one attached hydrogen (secondary N) is 1. The Morgan fingerprint density at radius 1 is 1.29 bits per heavy atom. The van der Waals surface area contributed by atoms with Crippen molar-refractivity contribution in [3.8, 4) is 6.07 Å². The fourth-order valence-corrected chi connectivity index (χ4v) is 1.62. The Morgan fingerprint density at radius 3 is 2.88 bits per heavy atom. The van der Waals surface area contributed by atoms with Gasteiger partial charge in [-0.05, 0) is 36.2 Å². The second-order valence-corrected chi connectivity index (χ2v) is 3.79. The lowest BCUT2D eigenvalue weighted by Crippen LogP contribution is -1.98. The molecule has 3 nitrogen and oxygen atoms in total. The summed E-state index contributed by atoms with van der Waals surface area (Å²) in [6.07, 6.45) is 1.02. The summed E-state index contributed by atoms with van der Waals surface area (Å²) in [5.74, 6) is 1.12. The van der Waals surface area contributed by atoms with Crippen molar-refractivity contribution in [3.05, 3.63) is 53.5 Å². The molecule has 0 aliphatic carbocycles. The summed E-state index contributed by atoms with van der Waals surface area (Å²) < 4.78 is 5.29. The fourth-order valence-electron chi connectivity index (χ4n) is 1.62. The van der Waals surface area contributed by atoms with Crippen LogP contribution in [0.15, 0.2) is 40.8 Å². The first-order valence-electron chi connectivity index (χ1n) is 5.63. The minimum atomic E-state index is 0.351. The lowest BCUT2D eigenvalue weighted by Gasteiger charge is -2.05. The molecule has 1 N–H and O–H groups in total. The first kappa shape index (κ1) is 11.3. The van der Waals surface area contributed by atoms with Gasteiger partial charge < -0.3 is 9.73 Å². The van der Waals surface area contributed by atoms with E-state index in [0.29, 0.717) is 12.3 Å². The standard InChI is InChI=1S/C14H14N2O/c1-2-11-4-3-5-12(8-11)16-10-14-7-6-13(9-15)17-14/h3-8,16H,2,10H2,1H3. The van der Waals surface area contributed by atoms with E-state index in [1.54, 1.807) is 6.07 Å². The molecule has 0 amide bonds. The van der Waals surface area contributed by atoms with Crippen molar-refractivity contribution in [2.24, 2.45) is 0 Å². The van der Waals surface area contributed by atoms with Gasteiger partial charge in [-0.15, -0.1) is 0 Å². The number of benzene rings is 1. The SMILES string of the molecule is CCc1cccc(NCc2ccc(C#N)o2)c1. The first-order valence-corrected chi connectivity index (χ1v) is 5.63. The van der Waals surface area contributed by atoms with Crippen molar-refractivity contribution in [3.63, 3.8) is 0 Å². The van der Waals surface area contributed by atoms with Crippen molar-refractivity contribution in [1.82, 2.24) is 0 Å². The molecular formula is C14H14N2O. The maximum atomic E-state index is 8.64. The molecule has 2 aromatic rings. The smallest absolute Gasteiger partial charge is 0.203 e. The fraction of sp³-hybridized carbons (Fsp3) is 0.214. The molecule has 17 heavy (non-hydrogen) atoms. The van der Waals surface area contributed by atoms with E-state index in [4.69, 9.17) is 9.68 Å².